The van der Waals surface area contributed by atoms with Crippen molar-refractivity contribution in [3.8, 4) is 5.75 Å². The first-order valence-corrected chi connectivity index (χ1v) is 8.06. The molecular formula is C19H19F2NO2. The maximum Gasteiger partial charge on any atom is 0.254 e. The molecule has 2 aromatic rings. The predicted octanol–water partition coefficient (Wildman–Crippen LogP) is 3.98. The number of hydrogen-bond donors (Lipinski definition) is 2. The fourth-order valence-corrected chi connectivity index (χ4v) is 3.34. The van der Waals surface area contributed by atoms with Gasteiger partial charge in [0.05, 0.1) is 5.56 Å². The quantitative estimate of drug-likeness (QED) is 0.890. The molecule has 5 heteroatoms. The lowest BCUT2D eigenvalue weighted by atomic mass is 9.96. The third-order valence-electron chi connectivity index (χ3n) is 4.68. The van der Waals surface area contributed by atoms with Gasteiger partial charge in [0.15, 0.2) is 17.4 Å². The number of hydrogen-bond acceptors (Lipinski definition) is 2. The number of carbonyl (C=O) groups is 1. The lowest BCUT2D eigenvalue weighted by molar-refractivity contribution is 0.0942. The molecule has 0 bridgehead atoms. The summed E-state index contributed by atoms with van der Waals surface area (Å²) in [4.78, 5) is 12.1. The summed E-state index contributed by atoms with van der Waals surface area (Å²) in [5, 5.41) is 11.9. The van der Waals surface area contributed by atoms with Crippen LogP contribution in [0.1, 0.15) is 41.1 Å². The molecule has 0 spiro atoms. The molecule has 2 unspecified atom stereocenters. The number of phenols is 1. The van der Waals surface area contributed by atoms with E-state index < -0.39 is 23.3 Å². The van der Waals surface area contributed by atoms with E-state index in [9.17, 15) is 18.7 Å². The van der Waals surface area contributed by atoms with Gasteiger partial charge in [-0.25, -0.2) is 8.78 Å². The van der Waals surface area contributed by atoms with Crippen LogP contribution in [0.5, 0.6) is 5.75 Å². The molecule has 1 aliphatic rings. The van der Waals surface area contributed by atoms with E-state index >= 15 is 0 Å². The molecular weight excluding hydrogens is 312 g/mol. The fourth-order valence-electron chi connectivity index (χ4n) is 3.34. The largest absolute Gasteiger partial charge is 0.503 e. The maximum absolute atomic E-state index is 13.7. The molecule has 1 aliphatic carbocycles. The zero-order chi connectivity index (χ0) is 17.1. The van der Waals surface area contributed by atoms with Gasteiger partial charge in [0.25, 0.3) is 5.91 Å². The molecule has 1 fully saturated rings. The zero-order valence-corrected chi connectivity index (χ0v) is 13.1. The Hall–Kier alpha value is -2.43. The highest BCUT2D eigenvalue weighted by Gasteiger charge is 2.26. The standard InChI is InChI=1S/C19H19F2NO2/c20-16-9-8-15(17(21)18(16)23)19(24)22-11-12-6-7-14(10-12)13-4-2-1-3-5-13/h1-5,8-9,12,14,23H,6-7,10-11H2,(H,22,24). The molecule has 0 heterocycles. The second-order valence-electron chi connectivity index (χ2n) is 6.25. The Morgan fingerprint density at radius 1 is 1.12 bits per heavy atom. The Balaban J connectivity index is 1.57. The Morgan fingerprint density at radius 3 is 2.62 bits per heavy atom. The van der Waals surface area contributed by atoms with Crippen molar-refractivity contribution in [1.82, 2.24) is 5.32 Å². The molecule has 0 aromatic heterocycles. The van der Waals surface area contributed by atoms with Crippen LogP contribution in [0.3, 0.4) is 0 Å². The van der Waals surface area contributed by atoms with Gasteiger partial charge in [-0.1, -0.05) is 30.3 Å². The summed E-state index contributed by atoms with van der Waals surface area (Å²) in [5.74, 6) is -3.23. The van der Waals surface area contributed by atoms with Gasteiger partial charge in [0, 0.05) is 6.54 Å². The van der Waals surface area contributed by atoms with E-state index in [-0.39, 0.29) is 5.56 Å². The van der Waals surface area contributed by atoms with Crippen LogP contribution in [-0.4, -0.2) is 17.6 Å². The molecule has 24 heavy (non-hydrogen) atoms. The lowest BCUT2D eigenvalue weighted by Crippen LogP contribution is -2.29. The Morgan fingerprint density at radius 2 is 1.88 bits per heavy atom. The molecule has 0 saturated heterocycles. The molecule has 2 aromatic carbocycles. The summed E-state index contributed by atoms with van der Waals surface area (Å²) < 4.78 is 26.8. The third-order valence-corrected chi connectivity index (χ3v) is 4.68. The average molecular weight is 331 g/mol. The monoisotopic (exact) mass is 331 g/mol. The van der Waals surface area contributed by atoms with Crippen molar-refractivity contribution in [1.29, 1.82) is 0 Å². The van der Waals surface area contributed by atoms with Gasteiger partial charge < -0.3 is 10.4 Å². The van der Waals surface area contributed by atoms with Crippen molar-refractivity contribution in [3.63, 3.8) is 0 Å². The van der Waals surface area contributed by atoms with Gasteiger partial charge in [-0.05, 0) is 48.8 Å². The van der Waals surface area contributed by atoms with Gasteiger partial charge >= 0.3 is 0 Å². The molecule has 2 atom stereocenters. The molecule has 2 N–H and O–H groups in total. The first-order chi connectivity index (χ1) is 11.6. The Bertz CT molecular complexity index is 734. The summed E-state index contributed by atoms with van der Waals surface area (Å²) in [7, 11) is 0. The number of rotatable bonds is 4. The number of aromatic hydroxyl groups is 1. The second-order valence-corrected chi connectivity index (χ2v) is 6.25. The maximum atomic E-state index is 13.7. The summed E-state index contributed by atoms with van der Waals surface area (Å²) >= 11 is 0. The van der Waals surface area contributed by atoms with Crippen LogP contribution in [0.2, 0.25) is 0 Å². The average Bonchev–Trinajstić information content (AvgIpc) is 3.07. The molecule has 0 aliphatic heterocycles. The minimum Gasteiger partial charge on any atom is -0.503 e. The number of nitrogens with one attached hydrogen (secondary N) is 1. The van der Waals surface area contributed by atoms with Crippen molar-refractivity contribution in [3.05, 3.63) is 65.2 Å². The van der Waals surface area contributed by atoms with Crippen LogP contribution in [0.4, 0.5) is 8.78 Å². The van der Waals surface area contributed by atoms with Crippen LogP contribution >= 0.6 is 0 Å². The van der Waals surface area contributed by atoms with Crippen LogP contribution in [0.25, 0.3) is 0 Å². The van der Waals surface area contributed by atoms with Crippen LogP contribution in [0, 0.1) is 17.6 Å². The molecule has 1 amide bonds. The summed E-state index contributed by atoms with van der Waals surface area (Å²) in [5.41, 5.74) is 0.965. The Kier molecular flexibility index (Phi) is 4.79. The summed E-state index contributed by atoms with van der Waals surface area (Å²) in [6.07, 6.45) is 3.04. The van der Waals surface area contributed by atoms with Crippen LogP contribution in [-0.2, 0) is 0 Å². The molecule has 3 rings (SSSR count). The summed E-state index contributed by atoms with van der Waals surface area (Å²) in [6.45, 7) is 0.444. The van der Waals surface area contributed by atoms with Crippen molar-refractivity contribution in [2.45, 2.75) is 25.2 Å². The van der Waals surface area contributed by atoms with Crippen molar-refractivity contribution in [2.75, 3.05) is 6.54 Å². The fraction of sp³-hybridized carbons (Fsp3) is 0.316. The summed E-state index contributed by atoms with van der Waals surface area (Å²) in [6, 6.07) is 12.2. The van der Waals surface area contributed by atoms with Gasteiger partial charge in [-0.2, -0.15) is 0 Å². The number of carbonyl (C=O) groups excluding carboxylic acids is 1. The van der Waals surface area contributed by atoms with Crippen molar-refractivity contribution < 1.29 is 18.7 Å². The van der Waals surface area contributed by atoms with Crippen molar-refractivity contribution in [2.24, 2.45) is 5.92 Å². The van der Waals surface area contributed by atoms with Gasteiger partial charge in [0.2, 0.25) is 0 Å². The minimum atomic E-state index is -1.22. The third kappa shape index (κ3) is 3.40. The number of phenolic OH excluding ortho intramolecular Hbond substituents is 1. The van der Waals surface area contributed by atoms with Crippen LogP contribution < -0.4 is 5.32 Å². The predicted molar refractivity (Wildman–Crippen MR) is 86.9 cm³/mol. The van der Waals surface area contributed by atoms with E-state index in [1.165, 1.54) is 5.56 Å². The van der Waals surface area contributed by atoms with E-state index in [0.29, 0.717) is 18.4 Å². The molecule has 1 saturated carbocycles. The Labute approximate surface area is 139 Å². The molecule has 126 valence electrons. The second kappa shape index (κ2) is 6.99. The van der Waals surface area contributed by atoms with Gasteiger partial charge in [-0.15, -0.1) is 0 Å². The van der Waals surface area contributed by atoms with Crippen LogP contribution in [0.15, 0.2) is 42.5 Å². The number of benzene rings is 2. The smallest absolute Gasteiger partial charge is 0.254 e. The minimum absolute atomic E-state index is 0.330. The van der Waals surface area contributed by atoms with Gasteiger partial charge in [-0.3, -0.25) is 4.79 Å². The highest BCUT2D eigenvalue weighted by atomic mass is 19.1. The topological polar surface area (TPSA) is 49.3 Å². The van der Waals surface area contributed by atoms with E-state index in [1.807, 2.05) is 18.2 Å². The number of halogens is 2. The normalized spacial score (nSPS) is 20.1. The lowest BCUT2D eigenvalue weighted by Gasteiger charge is -2.13. The number of amides is 1. The van der Waals surface area contributed by atoms with E-state index in [2.05, 4.69) is 17.4 Å². The zero-order valence-electron chi connectivity index (χ0n) is 13.1. The first kappa shape index (κ1) is 16.4. The highest BCUT2D eigenvalue weighted by molar-refractivity contribution is 5.94. The molecule has 0 radical (unpaired) electrons. The SMILES string of the molecule is O=C(NCC1CCC(c2ccccc2)C1)c1ccc(F)c(O)c1F. The molecule has 3 nitrogen and oxygen atoms in total. The van der Waals surface area contributed by atoms with E-state index in [1.54, 1.807) is 0 Å². The first-order valence-electron chi connectivity index (χ1n) is 8.06. The van der Waals surface area contributed by atoms with E-state index in [0.717, 1.165) is 31.4 Å². The van der Waals surface area contributed by atoms with Crippen molar-refractivity contribution >= 4 is 5.91 Å². The highest BCUT2D eigenvalue weighted by Crippen LogP contribution is 2.37. The van der Waals surface area contributed by atoms with Gasteiger partial charge in [0.1, 0.15) is 0 Å². The van der Waals surface area contributed by atoms with E-state index in [4.69, 9.17) is 0 Å².